The largest absolute Gasteiger partial charge is 0.379 e. The summed E-state index contributed by atoms with van der Waals surface area (Å²) in [6, 6.07) is 35.7. The Hall–Kier alpha value is -6.36. The number of benzene rings is 4. The topological polar surface area (TPSA) is 123 Å². The number of aromatic amines is 2. The number of nitrogens with zero attached hydrogens (tertiary/aromatic N) is 6. The lowest BCUT2D eigenvalue weighted by atomic mass is 10.0. The molecule has 10 rings (SSSR count). The number of imidazole rings is 2. The fourth-order valence-corrected chi connectivity index (χ4v) is 9.82. The standard InChI is InChI=1S/C52H54N8O4/c61-51(47(41-9-3-1-4-10-41)57-27-31-63-32-28-57)59-25-7-13-45(59)49-53-35-43(55-49)39-21-17-37(18-22-39)15-16-38-19-23-40(24-20-38)44-36-54-50(56-44)46-14-8-26-60(46)52(62)48(42-11-5-2-6-12-42)58-29-33-64-34-30-58/h1-6,9-12,17-24,35-36,45-48H,7-8,13-14,25-34H2,(H,53,55)(H,54,56). The second kappa shape index (κ2) is 19.2. The summed E-state index contributed by atoms with van der Waals surface area (Å²) in [6.07, 6.45) is 7.35. The van der Waals surface area contributed by atoms with E-state index in [0.29, 0.717) is 39.5 Å². The number of likely N-dealkylation sites (tertiary alicyclic amines) is 2. The molecule has 4 unspecified atom stereocenters. The summed E-state index contributed by atoms with van der Waals surface area (Å²) >= 11 is 0. The average molecular weight is 855 g/mol. The predicted octanol–water partition coefficient (Wildman–Crippen LogP) is 7.34. The van der Waals surface area contributed by atoms with E-state index in [1.165, 1.54) is 0 Å². The van der Waals surface area contributed by atoms with Crippen molar-refractivity contribution in [1.29, 1.82) is 0 Å². The zero-order valence-corrected chi connectivity index (χ0v) is 36.1. The molecule has 0 radical (unpaired) electrons. The lowest BCUT2D eigenvalue weighted by Crippen LogP contribution is -2.47. The third-order valence-electron chi connectivity index (χ3n) is 13.2. The highest BCUT2D eigenvalue weighted by molar-refractivity contribution is 5.85. The number of nitrogens with one attached hydrogen (secondary N) is 2. The molecule has 12 heteroatoms. The fraction of sp³-hybridized carbons (Fsp3) is 0.346. The summed E-state index contributed by atoms with van der Waals surface area (Å²) in [7, 11) is 0. The maximum atomic E-state index is 14.3. The van der Waals surface area contributed by atoms with Crippen molar-refractivity contribution in [2.24, 2.45) is 0 Å². The molecule has 12 nitrogen and oxygen atoms in total. The Morgan fingerprint density at radius 3 is 1.31 bits per heavy atom. The predicted molar refractivity (Wildman–Crippen MR) is 245 cm³/mol. The summed E-state index contributed by atoms with van der Waals surface area (Å²) in [5.74, 6) is 8.53. The van der Waals surface area contributed by atoms with Crippen LogP contribution in [0.15, 0.2) is 122 Å². The zero-order valence-electron chi connectivity index (χ0n) is 36.1. The van der Waals surface area contributed by atoms with Gasteiger partial charge < -0.3 is 29.2 Å². The molecule has 4 aromatic carbocycles. The van der Waals surface area contributed by atoms with Gasteiger partial charge >= 0.3 is 0 Å². The van der Waals surface area contributed by atoms with E-state index in [4.69, 9.17) is 19.4 Å². The number of carbonyl (C=O) groups excluding carboxylic acids is 2. The van der Waals surface area contributed by atoms with Gasteiger partial charge in [-0.15, -0.1) is 0 Å². The summed E-state index contributed by atoms with van der Waals surface area (Å²) in [4.78, 5) is 53.9. The summed E-state index contributed by atoms with van der Waals surface area (Å²) in [5, 5.41) is 0. The van der Waals surface area contributed by atoms with Gasteiger partial charge in [-0.25, -0.2) is 9.97 Å². The number of H-pyrrole nitrogens is 2. The van der Waals surface area contributed by atoms with E-state index in [0.717, 1.165) is 108 Å². The van der Waals surface area contributed by atoms with Gasteiger partial charge in [0.15, 0.2) is 0 Å². The molecule has 2 N–H and O–H groups in total. The molecule has 6 aromatic rings. The Balaban J connectivity index is 0.780. The number of rotatable bonds is 10. The minimum Gasteiger partial charge on any atom is -0.379 e. The monoisotopic (exact) mass is 854 g/mol. The first kappa shape index (κ1) is 41.6. The van der Waals surface area contributed by atoms with Crippen molar-refractivity contribution in [3.05, 3.63) is 155 Å². The summed E-state index contributed by atoms with van der Waals surface area (Å²) in [5.41, 5.74) is 7.70. The number of hydrogen-bond acceptors (Lipinski definition) is 8. The van der Waals surface area contributed by atoms with Crippen LogP contribution in [0.3, 0.4) is 0 Å². The highest BCUT2D eigenvalue weighted by Gasteiger charge is 2.40. The van der Waals surface area contributed by atoms with Gasteiger partial charge in [0, 0.05) is 50.4 Å². The Labute approximate surface area is 374 Å². The van der Waals surface area contributed by atoms with Crippen molar-refractivity contribution in [2.75, 3.05) is 65.7 Å². The van der Waals surface area contributed by atoms with Gasteiger partial charge in [-0.1, -0.05) is 96.8 Å². The normalized spacial score (nSPS) is 20.4. The van der Waals surface area contributed by atoms with E-state index >= 15 is 0 Å². The molecule has 326 valence electrons. The maximum Gasteiger partial charge on any atom is 0.245 e. The van der Waals surface area contributed by atoms with Gasteiger partial charge in [0.2, 0.25) is 11.8 Å². The Kier molecular flexibility index (Phi) is 12.5. The van der Waals surface area contributed by atoms with E-state index in [2.05, 4.69) is 80.1 Å². The van der Waals surface area contributed by atoms with E-state index in [9.17, 15) is 9.59 Å². The van der Waals surface area contributed by atoms with Crippen LogP contribution in [0, 0.1) is 11.8 Å². The number of amides is 2. The highest BCUT2D eigenvalue weighted by Crippen LogP contribution is 2.37. The molecule has 4 aliphatic heterocycles. The Morgan fingerprint density at radius 1 is 0.531 bits per heavy atom. The SMILES string of the molecule is O=C(C(c1ccccc1)N1CCOCC1)N1CCCC1c1ncc(-c2ccc(C#Cc3ccc(-c4cnc(C5CCCN5C(=O)C(c5ccccc5)N5CCOCC5)[nH]4)cc3)cc2)[nH]1. The van der Waals surface area contributed by atoms with Crippen LogP contribution in [0.1, 0.15) is 83.8 Å². The lowest BCUT2D eigenvalue weighted by molar-refractivity contribution is -0.141. The molecule has 4 saturated heterocycles. The van der Waals surface area contributed by atoms with Crippen LogP contribution in [-0.2, 0) is 19.1 Å². The number of ether oxygens (including phenoxy) is 2. The molecular weight excluding hydrogens is 801 g/mol. The number of carbonyl (C=O) groups is 2. The van der Waals surface area contributed by atoms with E-state index in [1.807, 2.05) is 82.9 Å². The highest BCUT2D eigenvalue weighted by atomic mass is 16.5. The average Bonchev–Trinajstić information content (AvgIpc) is 4.21. The first-order valence-electron chi connectivity index (χ1n) is 22.7. The Bertz CT molecular complexity index is 2390. The molecule has 2 aromatic heterocycles. The molecule has 0 saturated carbocycles. The molecule has 64 heavy (non-hydrogen) atoms. The number of hydrogen-bond donors (Lipinski definition) is 2. The van der Waals surface area contributed by atoms with Crippen LogP contribution in [-0.4, -0.2) is 117 Å². The first-order chi connectivity index (χ1) is 31.6. The van der Waals surface area contributed by atoms with Crippen LogP contribution in [0.2, 0.25) is 0 Å². The van der Waals surface area contributed by atoms with Crippen LogP contribution in [0.5, 0.6) is 0 Å². The third-order valence-corrected chi connectivity index (χ3v) is 13.2. The first-order valence-corrected chi connectivity index (χ1v) is 22.7. The minimum atomic E-state index is -0.343. The van der Waals surface area contributed by atoms with Crippen LogP contribution in [0.25, 0.3) is 22.5 Å². The van der Waals surface area contributed by atoms with Crippen LogP contribution in [0.4, 0.5) is 0 Å². The molecular formula is C52H54N8O4. The van der Waals surface area contributed by atoms with Crippen molar-refractivity contribution >= 4 is 11.8 Å². The molecule has 6 heterocycles. The van der Waals surface area contributed by atoms with Gasteiger partial charge in [0.25, 0.3) is 0 Å². The van der Waals surface area contributed by atoms with E-state index in [-0.39, 0.29) is 36.0 Å². The zero-order chi connectivity index (χ0) is 43.2. The van der Waals surface area contributed by atoms with E-state index in [1.54, 1.807) is 0 Å². The van der Waals surface area contributed by atoms with E-state index < -0.39 is 0 Å². The second-order valence-corrected chi connectivity index (χ2v) is 17.1. The minimum absolute atomic E-state index is 0.104. The molecule has 0 bridgehead atoms. The van der Waals surface area contributed by atoms with Gasteiger partial charge in [-0.3, -0.25) is 19.4 Å². The molecule has 4 atom stereocenters. The third kappa shape index (κ3) is 8.90. The van der Waals surface area contributed by atoms with Gasteiger partial charge in [0.05, 0.1) is 62.3 Å². The second-order valence-electron chi connectivity index (χ2n) is 17.1. The van der Waals surface area contributed by atoms with Crippen LogP contribution >= 0.6 is 0 Å². The Morgan fingerprint density at radius 2 is 0.922 bits per heavy atom. The van der Waals surface area contributed by atoms with Gasteiger partial charge in [-0.05, 0) is 72.2 Å². The molecule has 0 aliphatic carbocycles. The van der Waals surface area contributed by atoms with Crippen molar-refractivity contribution in [3.8, 4) is 34.4 Å². The molecule has 0 spiro atoms. The van der Waals surface area contributed by atoms with Crippen molar-refractivity contribution in [3.63, 3.8) is 0 Å². The lowest BCUT2D eigenvalue weighted by Gasteiger charge is -2.37. The van der Waals surface area contributed by atoms with Crippen molar-refractivity contribution in [1.82, 2.24) is 39.5 Å². The molecule has 4 fully saturated rings. The maximum absolute atomic E-state index is 14.3. The molecule has 4 aliphatic rings. The van der Waals surface area contributed by atoms with Crippen molar-refractivity contribution in [2.45, 2.75) is 49.9 Å². The van der Waals surface area contributed by atoms with Gasteiger partial charge in [0.1, 0.15) is 23.7 Å². The summed E-state index contributed by atoms with van der Waals surface area (Å²) in [6.45, 7) is 6.86. The van der Waals surface area contributed by atoms with Gasteiger partial charge in [-0.2, -0.15) is 0 Å². The smallest absolute Gasteiger partial charge is 0.245 e. The summed E-state index contributed by atoms with van der Waals surface area (Å²) < 4.78 is 11.3. The number of aromatic nitrogens is 4. The molecule has 2 amide bonds. The quantitative estimate of drug-likeness (QED) is 0.137. The number of morpholine rings is 2. The van der Waals surface area contributed by atoms with Crippen molar-refractivity contribution < 1.29 is 19.1 Å². The fourth-order valence-electron chi connectivity index (χ4n) is 9.82. The van der Waals surface area contributed by atoms with Crippen LogP contribution < -0.4 is 0 Å².